The molecule has 1 aliphatic rings. The number of nitrogens with zero attached hydrogens (tertiary/aromatic N) is 6. The highest BCUT2D eigenvalue weighted by Gasteiger charge is 2.22. The van der Waals surface area contributed by atoms with Crippen LogP contribution in [0.4, 0.5) is 5.95 Å². The fraction of sp³-hybridized carbons (Fsp3) is 0.727. The maximum atomic E-state index is 12.5. The molecule has 1 aliphatic heterocycles. The zero-order valence-electron chi connectivity index (χ0n) is 19.8. The molecule has 2 N–H and O–H groups in total. The standard InChI is InChI=1S/C22H40N8O/c1-18(2)30(19(3)4)13-7-11-24-21(23-5)25-12-8-20(31)28-14-16-29(17-15-28)22-26-9-6-10-27-22/h6,9-10,18-19H,7-8,11-17H2,1-5H3,(H2,23,24,25). The molecule has 9 heteroatoms. The van der Waals surface area contributed by atoms with Crippen LogP contribution in [0.1, 0.15) is 40.5 Å². The Morgan fingerprint density at radius 3 is 2.26 bits per heavy atom. The summed E-state index contributed by atoms with van der Waals surface area (Å²) in [5.41, 5.74) is 0. The molecular formula is C22H40N8O. The minimum atomic E-state index is 0.168. The molecule has 2 rings (SSSR count). The first-order chi connectivity index (χ1) is 14.9. The van der Waals surface area contributed by atoms with Crippen molar-refractivity contribution in [3.05, 3.63) is 18.5 Å². The molecule has 9 nitrogen and oxygen atoms in total. The third-order valence-corrected chi connectivity index (χ3v) is 5.53. The highest BCUT2D eigenvalue weighted by Crippen LogP contribution is 2.10. The predicted octanol–water partition coefficient (Wildman–Crippen LogP) is 1.19. The van der Waals surface area contributed by atoms with Crippen LogP contribution in [-0.2, 0) is 4.79 Å². The van der Waals surface area contributed by atoms with Crippen molar-refractivity contribution in [3.8, 4) is 0 Å². The van der Waals surface area contributed by atoms with Crippen molar-refractivity contribution in [1.82, 2.24) is 30.4 Å². The van der Waals surface area contributed by atoms with Gasteiger partial charge in [0.05, 0.1) is 0 Å². The summed E-state index contributed by atoms with van der Waals surface area (Å²) < 4.78 is 0. The summed E-state index contributed by atoms with van der Waals surface area (Å²) in [6.45, 7) is 14.3. The summed E-state index contributed by atoms with van der Waals surface area (Å²) in [5, 5.41) is 6.60. The van der Waals surface area contributed by atoms with Crippen molar-refractivity contribution in [3.63, 3.8) is 0 Å². The van der Waals surface area contributed by atoms with Crippen LogP contribution in [0.15, 0.2) is 23.5 Å². The number of piperazine rings is 1. The van der Waals surface area contributed by atoms with Gasteiger partial charge in [0.1, 0.15) is 0 Å². The van der Waals surface area contributed by atoms with E-state index in [4.69, 9.17) is 0 Å². The summed E-state index contributed by atoms with van der Waals surface area (Å²) in [5.74, 6) is 1.65. The van der Waals surface area contributed by atoms with Crippen LogP contribution in [0.3, 0.4) is 0 Å². The molecule has 1 amide bonds. The Balaban J connectivity index is 1.62. The van der Waals surface area contributed by atoms with Crippen LogP contribution in [0.5, 0.6) is 0 Å². The molecule has 174 valence electrons. The number of aliphatic imine (C=N–C) groups is 1. The second-order valence-corrected chi connectivity index (χ2v) is 8.37. The Labute approximate surface area is 187 Å². The van der Waals surface area contributed by atoms with Crippen LogP contribution in [0.2, 0.25) is 0 Å². The summed E-state index contributed by atoms with van der Waals surface area (Å²) >= 11 is 0. The first-order valence-corrected chi connectivity index (χ1v) is 11.4. The molecule has 0 saturated carbocycles. The van der Waals surface area contributed by atoms with Gasteiger partial charge in [0.15, 0.2) is 5.96 Å². The Hall–Kier alpha value is -2.42. The van der Waals surface area contributed by atoms with Crippen molar-refractivity contribution >= 4 is 17.8 Å². The molecule has 0 atom stereocenters. The van der Waals surface area contributed by atoms with Crippen LogP contribution in [-0.4, -0.2) is 96.6 Å². The van der Waals surface area contributed by atoms with E-state index in [0.29, 0.717) is 38.1 Å². The molecule has 0 spiro atoms. The van der Waals surface area contributed by atoms with E-state index in [0.717, 1.165) is 44.5 Å². The van der Waals surface area contributed by atoms with E-state index in [1.54, 1.807) is 19.4 Å². The van der Waals surface area contributed by atoms with Gasteiger partial charge < -0.3 is 20.4 Å². The zero-order valence-corrected chi connectivity index (χ0v) is 19.8. The minimum absolute atomic E-state index is 0.168. The molecule has 1 aromatic heterocycles. The smallest absolute Gasteiger partial charge is 0.225 e. The molecule has 0 aliphatic carbocycles. The zero-order chi connectivity index (χ0) is 22.6. The topological polar surface area (TPSA) is 89.0 Å². The van der Waals surface area contributed by atoms with E-state index in [9.17, 15) is 4.79 Å². The lowest BCUT2D eigenvalue weighted by atomic mass is 10.2. The van der Waals surface area contributed by atoms with Gasteiger partial charge in [-0.1, -0.05) is 0 Å². The van der Waals surface area contributed by atoms with Gasteiger partial charge in [0, 0.05) is 83.8 Å². The predicted molar refractivity (Wildman–Crippen MR) is 126 cm³/mol. The lowest BCUT2D eigenvalue weighted by Gasteiger charge is -2.34. The Morgan fingerprint density at radius 2 is 1.68 bits per heavy atom. The molecule has 1 saturated heterocycles. The number of aromatic nitrogens is 2. The summed E-state index contributed by atoms with van der Waals surface area (Å²) in [6.07, 6.45) is 5.00. The van der Waals surface area contributed by atoms with Gasteiger partial charge in [-0.05, 0) is 40.2 Å². The Bertz CT molecular complexity index is 663. The number of carbonyl (C=O) groups is 1. The second-order valence-electron chi connectivity index (χ2n) is 8.37. The highest BCUT2D eigenvalue weighted by atomic mass is 16.2. The molecular weight excluding hydrogens is 392 g/mol. The maximum absolute atomic E-state index is 12.5. The van der Waals surface area contributed by atoms with E-state index in [1.807, 2.05) is 11.0 Å². The average molecular weight is 433 g/mol. The van der Waals surface area contributed by atoms with E-state index in [1.165, 1.54) is 0 Å². The molecule has 0 aromatic carbocycles. The van der Waals surface area contributed by atoms with E-state index >= 15 is 0 Å². The molecule has 0 radical (unpaired) electrons. The van der Waals surface area contributed by atoms with Gasteiger partial charge in [0.25, 0.3) is 0 Å². The quantitative estimate of drug-likeness (QED) is 0.326. The molecule has 1 aromatic rings. The fourth-order valence-electron chi connectivity index (χ4n) is 3.86. The lowest BCUT2D eigenvalue weighted by molar-refractivity contribution is -0.131. The first kappa shape index (κ1) is 24.8. The lowest BCUT2D eigenvalue weighted by Crippen LogP contribution is -2.50. The van der Waals surface area contributed by atoms with Crippen LogP contribution < -0.4 is 15.5 Å². The molecule has 2 heterocycles. The number of hydrogen-bond acceptors (Lipinski definition) is 6. The number of guanidine groups is 1. The molecule has 0 bridgehead atoms. The van der Waals surface area contributed by atoms with Crippen LogP contribution in [0, 0.1) is 0 Å². The van der Waals surface area contributed by atoms with Crippen molar-refractivity contribution in [2.45, 2.75) is 52.6 Å². The highest BCUT2D eigenvalue weighted by molar-refractivity contribution is 5.81. The maximum Gasteiger partial charge on any atom is 0.225 e. The number of amides is 1. The number of carbonyl (C=O) groups excluding carboxylic acids is 1. The van der Waals surface area contributed by atoms with Gasteiger partial charge in [-0.25, -0.2) is 9.97 Å². The summed E-state index contributed by atoms with van der Waals surface area (Å²) in [7, 11) is 1.76. The SMILES string of the molecule is CN=C(NCCCN(C(C)C)C(C)C)NCCC(=O)N1CCN(c2ncccn2)CC1. The fourth-order valence-corrected chi connectivity index (χ4v) is 3.86. The van der Waals surface area contributed by atoms with Gasteiger partial charge in [-0.15, -0.1) is 0 Å². The van der Waals surface area contributed by atoms with Crippen LogP contribution >= 0.6 is 0 Å². The van der Waals surface area contributed by atoms with Gasteiger partial charge in [-0.3, -0.25) is 14.7 Å². The first-order valence-electron chi connectivity index (χ1n) is 11.4. The van der Waals surface area contributed by atoms with Crippen molar-refractivity contribution in [2.75, 3.05) is 57.8 Å². The monoisotopic (exact) mass is 432 g/mol. The third kappa shape index (κ3) is 8.32. The number of anilines is 1. The summed E-state index contributed by atoms with van der Waals surface area (Å²) in [4.78, 5) is 31.9. The molecule has 0 unspecified atom stereocenters. The van der Waals surface area contributed by atoms with Crippen LogP contribution in [0.25, 0.3) is 0 Å². The Morgan fingerprint density at radius 1 is 1.06 bits per heavy atom. The second kappa shape index (κ2) is 13.1. The molecule has 1 fully saturated rings. The molecule has 31 heavy (non-hydrogen) atoms. The van der Waals surface area contributed by atoms with Gasteiger partial charge in [-0.2, -0.15) is 0 Å². The number of rotatable bonds is 10. The largest absolute Gasteiger partial charge is 0.356 e. The number of nitrogens with one attached hydrogen (secondary N) is 2. The van der Waals surface area contributed by atoms with E-state index < -0.39 is 0 Å². The van der Waals surface area contributed by atoms with E-state index in [-0.39, 0.29) is 5.91 Å². The van der Waals surface area contributed by atoms with E-state index in [2.05, 4.69) is 63.1 Å². The van der Waals surface area contributed by atoms with Gasteiger partial charge >= 0.3 is 0 Å². The normalized spacial score (nSPS) is 15.2. The van der Waals surface area contributed by atoms with Gasteiger partial charge in [0.2, 0.25) is 11.9 Å². The van der Waals surface area contributed by atoms with Crippen molar-refractivity contribution < 1.29 is 4.79 Å². The number of hydrogen-bond donors (Lipinski definition) is 2. The van der Waals surface area contributed by atoms with Crippen molar-refractivity contribution in [2.24, 2.45) is 4.99 Å². The summed E-state index contributed by atoms with van der Waals surface area (Å²) in [6, 6.07) is 2.90. The third-order valence-electron chi connectivity index (χ3n) is 5.53. The Kier molecular flexibility index (Phi) is 10.5. The average Bonchev–Trinajstić information content (AvgIpc) is 2.77. The van der Waals surface area contributed by atoms with Crippen molar-refractivity contribution in [1.29, 1.82) is 0 Å². The minimum Gasteiger partial charge on any atom is -0.356 e.